The quantitative estimate of drug-likeness (QED) is 0.815. The van der Waals surface area contributed by atoms with Crippen LogP contribution in [0.1, 0.15) is 32.1 Å². The third-order valence-corrected chi connectivity index (χ3v) is 3.86. The van der Waals surface area contributed by atoms with Crippen molar-refractivity contribution in [2.24, 2.45) is 11.8 Å². The van der Waals surface area contributed by atoms with E-state index in [1.807, 2.05) is 0 Å². The van der Waals surface area contributed by atoms with E-state index >= 15 is 0 Å². The van der Waals surface area contributed by atoms with Gasteiger partial charge in [0.15, 0.2) is 0 Å². The summed E-state index contributed by atoms with van der Waals surface area (Å²) >= 11 is 0. The van der Waals surface area contributed by atoms with Gasteiger partial charge in [0.2, 0.25) is 5.91 Å². The molecule has 2 N–H and O–H groups in total. The van der Waals surface area contributed by atoms with Gasteiger partial charge < -0.3 is 15.4 Å². The van der Waals surface area contributed by atoms with Gasteiger partial charge in [-0.25, -0.2) is 0 Å². The summed E-state index contributed by atoms with van der Waals surface area (Å²) in [5.41, 5.74) is 0. The Morgan fingerprint density at radius 1 is 1.28 bits per heavy atom. The number of nitrogens with one attached hydrogen (secondary N) is 2. The van der Waals surface area contributed by atoms with E-state index in [-0.39, 0.29) is 24.2 Å². The van der Waals surface area contributed by atoms with Crippen LogP contribution >= 0.6 is 12.4 Å². The Morgan fingerprint density at radius 3 is 2.72 bits per heavy atom. The van der Waals surface area contributed by atoms with Crippen LogP contribution in [0, 0.1) is 11.8 Å². The third kappa shape index (κ3) is 5.12. The molecule has 1 amide bonds. The van der Waals surface area contributed by atoms with E-state index in [0.717, 1.165) is 70.9 Å². The lowest BCUT2D eigenvalue weighted by molar-refractivity contribution is -0.125. The van der Waals surface area contributed by atoms with Crippen LogP contribution in [-0.2, 0) is 9.53 Å². The van der Waals surface area contributed by atoms with Crippen LogP contribution in [-0.4, -0.2) is 38.8 Å². The van der Waals surface area contributed by atoms with E-state index in [1.54, 1.807) is 0 Å². The fraction of sp³-hybridized carbons (Fsp3) is 0.923. The monoisotopic (exact) mass is 276 g/mol. The van der Waals surface area contributed by atoms with Crippen molar-refractivity contribution in [3.8, 4) is 0 Å². The average Bonchev–Trinajstić information content (AvgIpc) is 2.41. The first-order valence-corrected chi connectivity index (χ1v) is 6.92. The Kier molecular flexibility index (Phi) is 7.63. The Bertz CT molecular complexity index is 239. The predicted molar refractivity (Wildman–Crippen MR) is 74.0 cm³/mol. The van der Waals surface area contributed by atoms with E-state index in [1.165, 1.54) is 0 Å². The van der Waals surface area contributed by atoms with Gasteiger partial charge in [0.05, 0.1) is 5.92 Å². The SMILES string of the molecule is Cl.O=C(NCCC1CCOCC1)C1CCCNC1. The third-order valence-electron chi connectivity index (χ3n) is 3.86. The molecule has 106 valence electrons. The maximum Gasteiger partial charge on any atom is 0.224 e. The first-order chi connectivity index (χ1) is 8.36. The van der Waals surface area contributed by atoms with E-state index in [0.29, 0.717) is 0 Å². The molecule has 2 rings (SSSR count). The molecule has 0 bridgehead atoms. The van der Waals surface area contributed by atoms with Crippen molar-refractivity contribution in [2.75, 3.05) is 32.8 Å². The Hall–Kier alpha value is -0.320. The molecule has 0 aromatic rings. The van der Waals surface area contributed by atoms with Crippen LogP contribution in [0.3, 0.4) is 0 Å². The Morgan fingerprint density at radius 2 is 2.06 bits per heavy atom. The zero-order chi connectivity index (χ0) is 11.9. The minimum Gasteiger partial charge on any atom is -0.381 e. The van der Waals surface area contributed by atoms with Crippen LogP contribution in [0.2, 0.25) is 0 Å². The summed E-state index contributed by atoms with van der Waals surface area (Å²) in [6, 6.07) is 0. The van der Waals surface area contributed by atoms with Gasteiger partial charge in [-0.05, 0) is 44.6 Å². The second kappa shape index (κ2) is 8.73. The predicted octanol–water partition coefficient (Wildman–Crippen LogP) is 1.34. The molecule has 2 fully saturated rings. The highest BCUT2D eigenvalue weighted by molar-refractivity contribution is 5.85. The number of hydrogen-bond donors (Lipinski definition) is 2. The summed E-state index contributed by atoms with van der Waals surface area (Å²) in [6.07, 6.45) is 5.57. The molecule has 2 heterocycles. The maximum atomic E-state index is 11.9. The lowest BCUT2D eigenvalue weighted by Gasteiger charge is -2.24. The van der Waals surface area contributed by atoms with Crippen LogP contribution in [0.5, 0.6) is 0 Å². The van der Waals surface area contributed by atoms with Gasteiger partial charge in [-0.15, -0.1) is 12.4 Å². The van der Waals surface area contributed by atoms with Crippen molar-refractivity contribution >= 4 is 18.3 Å². The molecular formula is C13H25ClN2O2. The number of carbonyl (C=O) groups is 1. The van der Waals surface area contributed by atoms with Crippen molar-refractivity contribution in [3.63, 3.8) is 0 Å². The van der Waals surface area contributed by atoms with Crippen molar-refractivity contribution in [1.29, 1.82) is 0 Å². The molecule has 0 aromatic carbocycles. The average molecular weight is 277 g/mol. The van der Waals surface area contributed by atoms with Gasteiger partial charge in [0, 0.05) is 26.3 Å². The summed E-state index contributed by atoms with van der Waals surface area (Å²) in [4.78, 5) is 11.9. The van der Waals surface area contributed by atoms with Gasteiger partial charge in [0.1, 0.15) is 0 Å². The molecule has 0 radical (unpaired) electrons. The van der Waals surface area contributed by atoms with Crippen molar-refractivity contribution < 1.29 is 9.53 Å². The zero-order valence-corrected chi connectivity index (χ0v) is 11.8. The number of ether oxygens (including phenoxy) is 1. The summed E-state index contributed by atoms with van der Waals surface area (Å²) in [5, 5.41) is 6.36. The molecule has 0 spiro atoms. The second-order valence-corrected chi connectivity index (χ2v) is 5.18. The Labute approximate surface area is 116 Å². The standard InChI is InChI=1S/C13H24N2O2.ClH/c16-13(12-2-1-6-14-10-12)15-7-3-11-4-8-17-9-5-11;/h11-12,14H,1-10H2,(H,15,16);1H. The minimum atomic E-state index is 0. The normalized spacial score (nSPS) is 25.2. The number of rotatable bonds is 4. The van der Waals surface area contributed by atoms with E-state index in [4.69, 9.17) is 4.74 Å². The zero-order valence-electron chi connectivity index (χ0n) is 11.0. The second-order valence-electron chi connectivity index (χ2n) is 5.18. The topological polar surface area (TPSA) is 50.4 Å². The van der Waals surface area contributed by atoms with Crippen LogP contribution in [0.4, 0.5) is 0 Å². The highest BCUT2D eigenvalue weighted by Crippen LogP contribution is 2.17. The summed E-state index contributed by atoms with van der Waals surface area (Å²) in [5.74, 6) is 1.18. The first-order valence-electron chi connectivity index (χ1n) is 6.92. The van der Waals surface area contributed by atoms with Crippen LogP contribution in [0.25, 0.3) is 0 Å². The molecule has 2 aliphatic heterocycles. The van der Waals surface area contributed by atoms with Gasteiger partial charge in [-0.2, -0.15) is 0 Å². The van der Waals surface area contributed by atoms with Gasteiger partial charge in [0.25, 0.3) is 0 Å². The van der Waals surface area contributed by atoms with E-state index in [9.17, 15) is 4.79 Å². The lowest BCUT2D eigenvalue weighted by atomic mass is 9.96. The molecule has 4 nitrogen and oxygen atoms in total. The molecule has 1 unspecified atom stereocenters. The van der Waals surface area contributed by atoms with Crippen LogP contribution in [0.15, 0.2) is 0 Å². The molecule has 0 saturated carbocycles. The van der Waals surface area contributed by atoms with Crippen molar-refractivity contribution in [3.05, 3.63) is 0 Å². The smallest absolute Gasteiger partial charge is 0.224 e. The van der Waals surface area contributed by atoms with E-state index in [2.05, 4.69) is 10.6 Å². The minimum absolute atomic E-state index is 0. The summed E-state index contributed by atoms with van der Waals surface area (Å²) < 4.78 is 5.33. The van der Waals surface area contributed by atoms with Crippen molar-refractivity contribution in [2.45, 2.75) is 32.1 Å². The molecule has 18 heavy (non-hydrogen) atoms. The molecule has 1 atom stereocenters. The Balaban J connectivity index is 0.00000162. The summed E-state index contributed by atoms with van der Waals surface area (Å²) in [7, 11) is 0. The molecular weight excluding hydrogens is 252 g/mol. The lowest BCUT2D eigenvalue weighted by Crippen LogP contribution is -2.41. The fourth-order valence-corrected chi connectivity index (χ4v) is 2.65. The van der Waals surface area contributed by atoms with Gasteiger partial charge in [-0.3, -0.25) is 4.79 Å². The highest BCUT2D eigenvalue weighted by atomic mass is 35.5. The molecule has 0 aliphatic carbocycles. The number of amides is 1. The van der Waals surface area contributed by atoms with Gasteiger partial charge >= 0.3 is 0 Å². The number of halogens is 1. The molecule has 2 saturated heterocycles. The molecule has 0 aromatic heterocycles. The fourth-order valence-electron chi connectivity index (χ4n) is 2.65. The maximum absolute atomic E-state index is 11.9. The first kappa shape index (κ1) is 15.7. The van der Waals surface area contributed by atoms with Crippen molar-refractivity contribution in [1.82, 2.24) is 10.6 Å². The molecule has 2 aliphatic rings. The van der Waals surface area contributed by atoms with Gasteiger partial charge in [-0.1, -0.05) is 0 Å². The highest BCUT2D eigenvalue weighted by Gasteiger charge is 2.21. The number of carbonyl (C=O) groups excluding carboxylic acids is 1. The number of piperidine rings is 1. The molecule has 5 heteroatoms. The largest absolute Gasteiger partial charge is 0.381 e. The van der Waals surface area contributed by atoms with E-state index < -0.39 is 0 Å². The van der Waals surface area contributed by atoms with Crippen LogP contribution < -0.4 is 10.6 Å². The number of hydrogen-bond acceptors (Lipinski definition) is 3. The summed E-state index contributed by atoms with van der Waals surface area (Å²) in [6.45, 7) is 4.53.